The third-order valence-corrected chi connectivity index (χ3v) is 2.58. The Labute approximate surface area is 91.3 Å². The Morgan fingerprint density at radius 3 is 1.53 bits per heavy atom. The molecule has 0 aliphatic carbocycles. The summed E-state index contributed by atoms with van der Waals surface area (Å²) in [7, 11) is 0. The van der Waals surface area contributed by atoms with E-state index in [1.165, 1.54) is 13.8 Å². The maximum Gasteiger partial charge on any atom is 0.164 e. The van der Waals surface area contributed by atoms with E-state index in [9.17, 15) is 8.78 Å². The van der Waals surface area contributed by atoms with Crippen molar-refractivity contribution < 1.29 is 8.78 Å². The van der Waals surface area contributed by atoms with Crippen molar-refractivity contribution in [1.29, 1.82) is 0 Å². The second kappa shape index (κ2) is 4.61. The molecule has 15 heavy (non-hydrogen) atoms. The third kappa shape index (κ3) is 1.84. The van der Waals surface area contributed by atoms with Gasteiger partial charge >= 0.3 is 0 Å². The van der Waals surface area contributed by atoms with Crippen LogP contribution in [0.2, 0.25) is 0 Å². The lowest BCUT2D eigenvalue weighted by Crippen LogP contribution is -1.95. The van der Waals surface area contributed by atoms with Crippen molar-refractivity contribution in [3.8, 4) is 0 Å². The monoisotopic (exact) mass is 230 g/mol. The first-order chi connectivity index (χ1) is 7.13. The zero-order valence-electron chi connectivity index (χ0n) is 9.06. The van der Waals surface area contributed by atoms with E-state index in [0.717, 1.165) is 11.7 Å². The summed E-state index contributed by atoms with van der Waals surface area (Å²) < 4.78 is 34.1. The Balaban J connectivity index is 0.000000531. The Morgan fingerprint density at radius 1 is 0.867 bits per heavy atom. The van der Waals surface area contributed by atoms with Crippen LogP contribution < -0.4 is 0 Å². The molecule has 5 heteroatoms. The summed E-state index contributed by atoms with van der Waals surface area (Å²) >= 11 is 0.965. The summed E-state index contributed by atoms with van der Waals surface area (Å²) in [6, 6.07) is 0. The number of halogens is 2. The van der Waals surface area contributed by atoms with E-state index in [0.29, 0.717) is 11.0 Å². The number of fused-ring (bicyclic) bond motifs is 1. The molecule has 1 heterocycles. The molecule has 2 rings (SSSR count). The number of hydrogen-bond donors (Lipinski definition) is 0. The summed E-state index contributed by atoms with van der Waals surface area (Å²) in [5.74, 6) is -1.64. The second-order valence-electron chi connectivity index (χ2n) is 2.84. The molecule has 1 aromatic carbocycles. The summed E-state index contributed by atoms with van der Waals surface area (Å²) in [5, 5.41) is 0. The number of nitrogens with zero attached hydrogens (tertiary/aromatic N) is 2. The number of aromatic nitrogens is 2. The van der Waals surface area contributed by atoms with Crippen molar-refractivity contribution in [2.75, 3.05) is 0 Å². The highest BCUT2D eigenvalue weighted by Gasteiger charge is 2.16. The highest BCUT2D eigenvalue weighted by Crippen LogP contribution is 2.25. The van der Waals surface area contributed by atoms with Gasteiger partial charge in [-0.05, 0) is 13.8 Å². The van der Waals surface area contributed by atoms with E-state index in [1.807, 2.05) is 13.8 Å². The van der Waals surface area contributed by atoms with Gasteiger partial charge in [-0.1, -0.05) is 13.8 Å². The molecule has 0 aliphatic heterocycles. The van der Waals surface area contributed by atoms with Gasteiger partial charge in [0.15, 0.2) is 11.6 Å². The lowest BCUT2D eigenvalue weighted by molar-refractivity contribution is 0.500. The minimum Gasteiger partial charge on any atom is -0.203 e. The molecule has 0 radical (unpaired) electrons. The molecule has 0 spiro atoms. The predicted octanol–water partition coefficient (Wildman–Crippen LogP) is 3.61. The topological polar surface area (TPSA) is 25.8 Å². The largest absolute Gasteiger partial charge is 0.203 e. The number of aryl methyl sites for hydroxylation is 2. The van der Waals surface area contributed by atoms with Crippen LogP contribution in [0.1, 0.15) is 25.0 Å². The van der Waals surface area contributed by atoms with Crippen LogP contribution in [0.3, 0.4) is 0 Å². The maximum atomic E-state index is 13.2. The van der Waals surface area contributed by atoms with Crippen LogP contribution in [0.25, 0.3) is 11.0 Å². The van der Waals surface area contributed by atoms with Gasteiger partial charge < -0.3 is 0 Å². The van der Waals surface area contributed by atoms with Gasteiger partial charge in [0, 0.05) is 11.1 Å². The molecule has 82 valence electrons. The van der Waals surface area contributed by atoms with Crippen molar-refractivity contribution in [2.24, 2.45) is 0 Å². The SMILES string of the molecule is CC.Cc1c(F)c(F)c(C)c2nsnc12. The smallest absolute Gasteiger partial charge is 0.164 e. The zero-order valence-corrected chi connectivity index (χ0v) is 9.88. The van der Waals surface area contributed by atoms with Crippen molar-refractivity contribution in [3.05, 3.63) is 22.8 Å². The minimum atomic E-state index is -0.822. The average molecular weight is 230 g/mol. The first-order valence-electron chi connectivity index (χ1n) is 4.69. The van der Waals surface area contributed by atoms with Gasteiger partial charge in [-0.15, -0.1) is 0 Å². The number of benzene rings is 1. The molecule has 0 saturated heterocycles. The lowest BCUT2D eigenvalue weighted by Gasteiger charge is -2.01. The quantitative estimate of drug-likeness (QED) is 0.691. The van der Waals surface area contributed by atoms with Crippen LogP contribution >= 0.6 is 11.7 Å². The highest BCUT2D eigenvalue weighted by molar-refractivity contribution is 7.00. The summed E-state index contributed by atoms with van der Waals surface area (Å²) in [6.07, 6.45) is 0. The van der Waals surface area contributed by atoms with E-state index in [1.54, 1.807) is 0 Å². The zero-order chi connectivity index (χ0) is 11.6. The highest BCUT2D eigenvalue weighted by atomic mass is 32.1. The fourth-order valence-electron chi connectivity index (χ4n) is 1.22. The molecule has 0 bridgehead atoms. The van der Waals surface area contributed by atoms with Crippen LogP contribution in [-0.4, -0.2) is 8.75 Å². The first kappa shape index (κ1) is 12.0. The number of hydrogen-bond acceptors (Lipinski definition) is 3. The fourth-order valence-corrected chi connectivity index (χ4v) is 1.87. The molecule has 2 nitrogen and oxygen atoms in total. The van der Waals surface area contributed by atoms with E-state index in [2.05, 4.69) is 8.75 Å². The molecule has 0 amide bonds. The fraction of sp³-hybridized carbons (Fsp3) is 0.400. The minimum absolute atomic E-state index is 0.229. The van der Waals surface area contributed by atoms with Gasteiger partial charge in [0.05, 0.1) is 11.7 Å². The molecule has 0 N–H and O–H groups in total. The standard InChI is InChI=1S/C8H6F2N2S.C2H6/c1-3-5(9)6(10)4(2)8-7(3)11-13-12-8;1-2/h1-2H3;1-2H3. The third-order valence-electron chi connectivity index (χ3n) is 2.05. The van der Waals surface area contributed by atoms with Gasteiger partial charge in [0.25, 0.3) is 0 Å². The van der Waals surface area contributed by atoms with Gasteiger partial charge in [0.2, 0.25) is 0 Å². The van der Waals surface area contributed by atoms with Crippen molar-refractivity contribution in [2.45, 2.75) is 27.7 Å². The van der Waals surface area contributed by atoms with Crippen molar-refractivity contribution in [1.82, 2.24) is 8.75 Å². The average Bonchev–Trinajstić information content (AvgIpc) is 2.75. The Kier molecular flexibility index (Phi) is 3.68. The molecule has 0 aliphatic rings. The molecule has 0 unspecified atom stereocenters. The van der Waals surface area contributed by atoms with Gasteiger partial charge in [-0.25, -0.2) is 8.78 Å². The summed E-state index contributed by atoms with van der Waals surface area (Å²) in [5.41, 5.74) is 1.38. The van der Waals surface area contributed by atoms with Gasteiger partial charge in [-0.3, -0.25) is 0 Å². The van der Waals surface area contributed by atoms with Crippen LogP contribution in [0.5, 0.6) is 0 Å². The van der Waals surface area contributed by atoms with Crippen molar-refractivity contribution in [3.63, 3.8) is 0 Å². The summed E-state index contributed by atoms with van der Waals surface area (Å²) in [6.45, 7) is 7.00. The molecule has 2 aromatic rings. The first-order valence-corrected chi connectivity index (χ1v) is 5.42. The normalized spacial score (nSPS) is 10.0. The van der Waals surface area contributed by atoms with E-state index in [-0.39, 0.29) is 11.1 Å². The Hall–Kier alpha value is -1.10. The number of rotatable bonds is 0. The predicted molar refractivity (Wildman–Crippen MR) is 58.2 cm³/mol. The Morgan fingerprint density at radius 2 is 1.20 bits per heavy atom. The van der Waals surface area contributed by atoms with E-state index in [4.69, 9.17) is 0 Å². The summed E-state index contributed by atoms with van der Waals surface area (Å²) in [4.78, 5) is 0. The molecule has 0 saturated carbocycles. The molecular formula is C10H12F2N2S. The molecule has 0 fully saturated rings. The molecule has 1 aromatic heterocycles. The van der Waals surface area contributed by atoms with Crippen LogP contribution in [0.15, 0.2) is 0 Å². The Bertz CT molecular complexity index is 438. The van der Waals surface area contributed by atoms with Crippen LogP contribution in [0.4, 0.5) is 8.78 Å². The van der Waals surface area contributed by atoms with Gasteiger partial charge in [0.1, 0.15) is 11.0 Å². The van der Waals surface area contributed by atoms with E-state index < -0.39 is 11.6 Å². The van der Waals surface area contributed by atoms with Crippen molar-refractivity contribution >= 4 is 22.8 Å². The van der Waals surface area contributed by atoms with E-state index >= 15 is 0 Å². The van der Waals surface area contributed by atoms with Crippen LogP contribution in [-0.2, 0) is 0 Å². The second-order valence-corrected chi connectivity index (χ2v) is 3.37. The van der Waals surface area contributed by atoms with Gasteiger partial charge in [-0.2, -0.15) is 8.75 Å². The maximum absolute atomic E-state index is 13.2. The molecular weight excluding hydrogens is 218 g/mol. The lowest BCUT2D eigenvalue weighted by atomic mass is 10.1. The molecule has 0 atom stereocenters. The van der Waals surface area contributed by atoms with Crippen LogP contribution in [0, 0.1) is 25.5 Å².